The summed E-state index contributed by atoms with van der Waals surface area (Å²) >= 11 is 0. The van der Waals surface area contributed by atoms with Gasteiger partial charge in [-0.3, -0.25) is 4.79 Å². The third-order valence-corrected chi connectivity index (χ3v) is 2.55. The van der Waals surface area contributed by atoms with E-state index < -0.39 is 0 Å². The molecule has 2 aromatic rings. The van der Waals surface area contributed by atoms with Crippen LogP contribution in [0.3, 0.4) is 0 Å². The van der Waals surface area contributed by atoms with Crippen LogP contribution < -0.4 is 5.43 Å². The summed E-state index contributed by atoms with van der Waals surface area (Å²) in [6.07, 6.45) is 0. The number of nitrogens with zero attached hydrogens (tertiary/aromatic N) is 1. The van der Waals surface area contributed by atoms with Crippen molar-refractivity contribution in [2.24, 2.45) is 5.10 Å². The number of benzene rings is 2. The van der Waals surface area contributed by atoms with Gasteiger partial charge in [-0.15, -0.1) is 0 Å². The maximum absolute atomic E-state index is 11.8. The lowest BCUT2D eigenvalue weighted by molar-refractivity contribution is 0.0955. The Morgan fingerprint density at radius 3 is 1.94 bits per heavy atom. The number of amides is 1. The van der Waals surface area contributed by atoms with Gasteiger partial charge in [0.05, 0.1) is 5.71 Å². The molecule has 0 saturated heterocycles. The topological polar surface area (TPSA) is 41.5 Å². The van der Waals surface area contributed by atoms with Crippen molar-refractivity contribution in [1.82, 2.24) is 5.43 Å². The zero-order valence-corrected chi connectivity index (χ0v) is 10.1. The Balaban J connectivity index is 2.05. The van der Waals surface area contributed by atoms with Crippen LogP contribution in [0.2, 0.25) is 0 Å². The summed E-state index contributed by atoms with van der Waals surface area (Å²) in [5.74, 6) is -0.203. The molecule has 0 bridgehead atoms. The van der Waals surface area contributed by atoms with Gasteiger partial charge in [-0.2, -0.15) is 5.10 Å². The van der Waals surface area contributed by atoms with Crippen molar-refractivity contribution >= 4 is 11.6 Å². The maximum atomic E-state index is 11.8. The van der Waals surface area contributed by atoms with Gasteiger partial charge >= 0.3 is 0 Å². The Morgan fingerprint density at radius 2 is 1.39 bits per heavy atom. The molecule has 0 unspecified atom stereocenters. The van der Waals surface area contributed by atoms with E-state index in [2.05, 4.69) is 10.5 Å². The molecule has 0 spiro atoms. The lowest BCUT2D eigenvalue weighted by atomic mass is 10.1. The predicted octanol–water partition coefficient (Wildman–Crippen LogP) is 2.84. The molecular formula is C15H14N2O. The minimum absolute atomic E-state index is 0.203. The van der Waals surface area contributed by atoms with E-state index in [1.807, 2.05) is 55.5 Å². The lowest BCUT2D eigenvalue weighted by Gasteiger charge is -2.02. The van der Waals surface area contributed by atoms with E-state index in [0.717, 1.165) is 11.3 Å². The first-order chi connectivity index (χ1) is 8.77. The van der Waals surface area contributed by atoms with Crippen LogP contribution in [0.25, 0.3) is 0 Å². The second kappa shape index (κ2) is 5.77. The van der Waals surface area contributed by atoms with Crippen molar-refractivity contribution < 1.29 is 4.79 Å². The van der Waals surface area contributed by atoms with Gasteiger partial charge in [0.2, 0.25) is 0 Å². The van der Waals surface area contributed by atoms with Crippen molar-refractivity contribution in [1.29, 1.82) is 0 Å². The first-order valence-corrected chi connectivity index (χ1v) is 5.72. The van der Waals surface area contributed by atoms with Crippen LogP contribution >= 0.6 is 0 Å². The number of hydrogen-bond donors (Lipinski definition) is 1. The van der Waals surface area contributed by atoms with Crippen LogP contribution in [0.15, 0.2) is 65.8 Å². The fourth-order valence-electron chi connectivity index (χ4n) is 1.53. The smallest absolute Gasteiger partial charge is 0.267 e. The van der Waals surface area contributed by atoms with Crippen LogP contribution in [-0.4, -0.2) is 11.6 Å². The van der Waals surface area contributed by atoms with Gasteiger partial charge in [0.25, 0.3) is 5.91 Å². The van der Waals surface area contributed by atoms with Crippen molar-refractivity contribution in [3.05, 3.63) is 71.8 Å². The molecule has 0 aliphatic carbocycles. The highest BCUT2D eigenvalue weighted by Crippen LogP contribution is 2.01. The predicted molar refractivity (Wildman–Crippen MR) is 72.6 cm³/mol. The summed E-state index contributed by atoms with van der Waals surface area (Å²) in [4.78, 5) is 11.8. The average Bonchev–Trinajstić information content (AvgIpc) is 2.46. The highest BCUT2D eigenvalue weighted by molar-refractivity contribution is 6.00. The zero-order valence-electron chi connectivity index (χ0n) is 10.1. The van der Waals surface area contributed by atoms with E-state index in [9.17, 15) is 4.79 Å². The third kappa shape index (κ3) is 3.04. The summed E-state index contributed by atoms with van der Waals surface area (Å²) in [7, 11) is 0. The number of carbonyl (C=O) groups is 1. The van der Waals surface area contributed by atoms with Crippen LogP contribution in [0.5, 0.6) is 0 Å². The second-order valence-electron chi connectivity index (χ2n) is 3.87. The average molecular weight is 238 g/mol. The molecule has 3 heteroatoms. The molecule has 2 aromatic carbocycles. The molecule has 0 aliphatic heterocycles. The van der Waals surface area contributed by atoms with Crippen LogP contribution in [0.4, 0.5) is 0 Å². The molecule has 0 radical (unpaired) electrons. The lowest BCUT2D eigenvalue weighted by Crippen LogP contribution is -2.19. The van der Waals surface area contributed by atoms with E-state index in [4.69, 9.17) is 0 Å². The number of hydrazone groups is 1. The third-order valence-electron chi connectivity index (χ3n) is 2.55. The summed E-state index contributed by atoms with van der Waals surface area (Å²) in [5, 5.41) is 4.09. The van der Waals surface area contributed by atoms with Crippen molar-refractivity contribution in [3.8, 4) is 0 Å². The number of hydrogen-bond acceptors (Lipinski definition) is 2. The van der Waals surface area contributed by atoms with E-state index in [1.165, 1.54) is 0 Å². The van der Waals surface area contributed by atoms with E-state index in [-0.39, 0.29) is 5.91 Å². The normalized spacial score (nSPS) is 11.1. The fourth-order valence-corrected chi connectivity index (χ4v) is 1.53. The quantitative estimate of drug-likeness (QED) is 0.648. The number of nitrogens with one attached hydrogen (secondary N) is 1. The van der Waals surface area contributed by atoms with Gasteiger partial charge < -0.3 is 0 Å². The Bertz CT molecular complexity index is 547. The maximum Gasteiger partial charge on any atom is 0.271 e. The van der Waals surface area contributed by atoms with Crippen molar-refractivity contribution in [2.75, 3.05) is 0 Å². The second-order valence-corrected chi connectivity index (χ2v) is 3.87. The molecule has 0 aromatic heterocycles. The van der Waals surface area contributed by atoms with Gasteiger partial charge in [-0.05, 0) is 24.6 Å². The van der Waals surface area contributed by atoms with Gasteiger partial charge in [-0.25, -0.2) is 5.43 Å². The Morgan fingerprint density at radius 1 is 0.889 bits per heavy atom. The Labute approximate surface area is 106 Å². The first kappa shape index (κ1) is 12.0. The van der Waals surface area contributed by atoms with Crippen molar-refractivity contribution in [3.63, 3.8) is 0 Å². The molecule has 0 fully saturated rings. The first-order valence-electron chi connectivity index (χ1n) is 5.72. The highest BCUT2D eigenvalue weighted by Gasteiger charge is 2.03. The molecule has 3 nitrogen and oxygen atoms in total. The minimum atomic E-state index is -0.203. The highest BCUT2D eigenvalue weighted by atomic mass is 16.2. The van der Waals surface area contributed by atoms with Crippen LogP contribution in [0, 0.1) is 0 Å². The standard InChI is InChI=1S/C15H14N2O/c1-12(13-8-4-2-5-9-13)16-17-15(18)14-10-6-3-7-11-14/h2-11H,1H3,(H,17,18)/b16-12+. The van der Waals surface area contributed by atoms with Crippen LogP contribution in [0.1, 0.15) is 22.8 Å². The summed E-state index contributed by atoms with van der Waals surface area (Å²) < 4.78 is 0. The summed E-state index contributed by atoms with van der Waals surface area (Å²) in [6, 6.07) is 18.7. The van der Waals surface area contributed by atoms with E-state index >= 15 is 0 Å². The molecule has 18 heavy (non-hydrogen) atoms. The molecule has 90 valence electrons. The van der Waals surface area contributed by atoms with E-state index in [0.29, 0.717) is 5.56 Å². The zero-order chi connectivity index (χ0) is 12.8. The van der Waals surface area contributed by atoms with E-state index in [1.54, 1.807) is 12.1 Å². The Hall–Kier alpha value is -2.42. The summed E-state index contributed by atoms with van der Waals surface area (Å²) in [6.45, 7) is 1.86. The van der Waals surface area contributed by atoms with Crippen molar-refractivity contribution in [2.45, 2.75) is 6.92 Å². The summed E-state index contributed by atoms with van der Waals surface area (Å²) in [5.41, 5.74) is 4.91. The minimum Gasteiger partial charge on any atom is -0.267 e. The molecule has 0 saturated carbocycles. The monoisotopic (exact) mass is 238 g/mol. The molecule has 1 N–H and O–H groups in total. The molecule has 0 atom stereocenters. The largest absolute Gasteiger partial charge is 0.271 e. The van der Waals surface area contributed by atoms with Crippen LogP contribution in [-0.2, 0) is 0 Å². The number of rotatable bonds is 3. The van der Waals surface area contributed by atoms with Gasteiger partial charge in [0.1, 0.15) is 0 Å². The molecule has 0 heterocycles. The number of carbonyl (C=O) groups excluding carboxylic acids is 1. The van der Waals surface area contributed by atoms with Gasteiger partial charge in [-0.1, -0.05) is 48.5 Å². The SMILES string of the molecule is C/C(=N\NC(=O)c1ccccc1)c1ccccc1. The molecule has 1 amide bonds. The molecule has 2 rings (SSSR count). The fraction of sp³-hybridized carbons (Fsp3) is 0.0667. The molecular weight excluding hydrogens is 224 g/mol. The van der Waals surface area contributed by atoms with Gasteiger partial charge in [0.15, 0.2) is 0 Å². The molecule has 0 aliphatic rings. The Kier molecular flexibility index (Phi) is 3.86. The van der Waals surface area contributed by atoms with Gasteiger partial charge in [0, 0.05) is 5.56 Å².